The van der Waals surface area contributed by atoms with E-state index in [-0.39, 0.29) is 5.75 Å². The Morgan fingerprint density at radius 2 is 2.07 bits per heavy atom. The maximum absolute atomic E-state index is 9.59. The van der Waals surface area contributed by atoms with E-state index in [1.807, 2.05) is 25.1 Å². The van der Waals surface area contributed by atoms with Gasteiger partial charge in [0.05, 0.1) is 4.47 Å². The number of phenols is 1. The quantitative estimate of drug-likeness (QED) is 0.854. The highest BCUT2D eigenvalue weighted by molar-refractivity contribution is 9.10. The summed E-state index contributed by atoms with van der Waals surface area (Å²) in [5, 5.41) is 9.59. The van der Waals surface area contributed by atoms with Crippen molar-refractivity contribution in [3.05, 3.63) is 46.7 Å². The number of phenolic OH excluding ortho intramolecular Hbond substituents is 1. The molecule has 15 heavy (non-hydrogen) atoms. The van der Waals surface area contributed by atoms with Crippen LogP contribution in [-0.4, -0.2) is 10.1 Å². The zero-order valence-corrected chi connectivity index (χ0v) is 9.82. The van der Waals surface area contributed by atoms with E-state index in [1.165, 1.54) is 0 Å². The van der Waals surface area contributed by atoms with Crippen LogP contribution in [0.5, 0.6) is 5.75 Å². The van der Waals surface area contributed by atoms with Crippen LogP contribution in [0.15, 0.2) is 41.1 Å². The smallest absolute Gasteiger partial charge is 0.130 e. The van der Waals surface area contributed by atoms with Crippen molar-refractivity contribution in [3.8, 4) is 16.9 Å². The Hall–Kier alpha value is -1.35. The van der Waals surface area contributed by atoms with E-state index >= 15 is 0 Å². The molecule has 1 heterocycles. The van der Waals surface area contributed by atoms with Crippen LogP contribution in [0.2, 0.25) is 0 Å². The first-order valence-electron chi connectivity index (χ1n) is 4.58. The lowest BCUT2D eigenvalue weighted by molar-refractivity contribution is 0.472. The zero-order valence-electron chi connectivity index (χ0n) is 8.24. The highest BCUT2D eigenvalue weighted by atomic mass is 79.9. The first-order valence-corrected chi connectivity index (χ1v) is 5.37. The third kappa shape index (κ3) is 2.02. The molecule has 0 aliphatic rings. The van der Waals surface area contributed by atoms with Gasteiger partial charge in [0.2, 0.25) is 0 Å². The summed E-state index contributed by atoms with van der Waals surface area (Å²) in [5.41, 5.74) is 3.16. The Kier molecular flexibility index (Phi) is 2.73. The number of aryl methyl sites for hydroxylation is 1. The summed E-state index contributed by atoms with van der Waals surface area (Å²) in [6.45, 7) is 2.02. The molecule has 3 heteroatoms. The van der Waals surface area contributed by atoms with Crippen molar-refractivity contribution < 1.29 is 5.11 Å². The van der Waals surface area contributed by atoms with Crippen molar-refractivity contribution >= 4 is 15.9 Å². The van der Waals surface area contributed by atoms with Crippen molar-refractivity contribution in [2.45, 2.75) is 6.92 Å². The molecule has 0 saturated carbocycles. The monoisotopic (exact) mass is 263 g/mol. The highest BCUT2D eigenvalue weighted by Gasteiger charge is 2.04. The molecular weight excluding hydrogens is 254 g/mol. The third-order valence-electron chi connectivity index (χ3n) is 2.30. The molecule has 0 radical (unpaired) electrons. The van der Waals surface area contributed by atoms with Crippen LogP contribution in [-0.2, 0) is 0 Å². The van der Waals surface area contributed by atoms with Crippen LogP contribution in [0.1, 0.15) is 5.56 Å². The Morgan fingerprint density at radius 1 is 1.27 bits per heavy atom. The topological polar surface area (TPSA) is 33.1 Å². The average molecular weight is 264 g/mol. The van der Waals surface area contributed by atoms with Crippen LogP contribution in [0, 0.1) is 6.92 Å². The first-order chi connectivity index (χ1) is 7.18. The van der Waals surface area contributed by atoms with E-state index in [4.69, 9.17) is 0 Å². The molecule has 1 aromatic carbocycles. The fraction of sp³-hybridized carbons (Fsp3) is 0.0833. The molecule has 0 fully saturated rings. The Balaban J connectivity index is 2.55. The molecule has 1 N–H and O–H groups in total. The molecule has 0 aliphatic heterocycles. The summed E-state index contributed by atoms with van der Waals surface area (Å²) in [6, 6.07) is 7.47. The van der Waals surface area contributed by atoms with Crippen molar-refractivity contribution in [2.75, 3.05) is 0 Å². The summed E-state index contributed by atoms with van der Waals surface area (Å²) in [6.07, 6.45) is 3.57. The molecule has 0 saturated heterocycles. The van der Waals surface area contributed by atoms with E-state index in [2.05, 4.69) is 20.9 Å². The normalized spacial score (nSPS) is 10.3. The third-order valence-corrected chi connectivity index (χ3v) is 2.97. The minimum atomic E-state index is 0.246. The minimum absolute atomic E-state index is 0.246. The number of hydrogen-bond donors (Lipinski definition) is 1. The number of hydrogen-bond acceptors (Lipinski definition) is 2. The molecular formula is C12H10BrNO. The minimum Gasteiger partial charge on any atom is -0.507 e. The number of halogens is 1. The van der Waals surface area contributed by atoms with E-state index in [1.54, 1.807) is 18.5 Å². The fourth-order valence-corrected chi connectivity index (χ4v) is 1.69. The Bertz CT molecular complexity index is 497. The Morgan fingerprint density at radius 3 is 2.73 bits per heavy atom. The van der Waals surface area contributed by atoms with Gasteiger partial charge in [-0.15, -0.1) is 0 Å². The second-order valence-corrected chi connectivity index (χ2v) is 4.21. The molecule has 0 atom stereocenters. The van der Waals surface area contributed by atoms with Gasteiger partial charge in [-0.1, -0.05) is 6.07 Å². The van der Waals surface area contributed by atoms with Gasteiger partial charge in [0.15, 0.2) is 0 Å². The molecule has 2 nitrogen and oxygen atoms in total. The number of pyridine rings is 1. The number of aromatic nitrogens is 1. The van der Waals surface area contributed by atoms with Crippen molar-refractivity contribution in [2.24, 2.45) is 0 Å². The van der Waals surface area contributed by atoms with E-state index in [9.17, 15) is 5.11 Å². The van der Waals surface area contributed by atoms with Crippen molar-refractivity contribution in [1.82, 2.24) is 4.98 Å². The molecule has 0 aliphatic carbocycles. The van der Waals surface area contributed by atoms with E-state index in [0.717, 1.165) is 16.7 Å². The van der Waals surface area contributed by atoms with Crippen LogP contribution >= 0.6 is 15.9 Å². The lowest BCUT2D eigenvalue weighted by atomic mass is 10.0. The van der Waals surface area contributed by atoms with Gasteiger partial charge in [-0.25, -0.2) is 0 Å². The maximum Gasteiger partial charge on any atom is 0.130 e. The van der Waals surface area contributed by atoms with Gasteiger partial charge >= 0.3 is 0 Å². The molecule has 0 unspecified atom stereocenters. The van der Waals surface area contributed by atoms with Crippen LogP contribution in [0.25, 0.3) is 11.1 Å². The molecule has 0 amide bonds. The average Bonchev–Trinajstić information content (AvgIpc) is 2.23. The number of rotatable bonds is 1. The number of nitrogens with zero attached hydrogens (tertiary/aromatic N) is 1. The summed E-state index contributed by atoms with van der Waals surface area (Å²) in [4.78, 5) is 4.08. The zero-order chi connectivity index (χ0) is 10.8. The largest absolute Gasteiger partial charge is 0.507 e. The van der Waals surface area contributed by atoms with Gasteiger partial charge in [-0.3, -0.25) is 4.98 Å². The summed E-state index contributed by atoms with van der Waals surface area (Å²) in [7, 11) is 0. The lowest BCUT2D eigenvalue weighted by Crippen LogP contribution is -1.84. The predicted molar refractivity (Wildman–Crippen MR) is 63.8 cm³/mol. The first kappa shape index (κ1) is 10.2. The van der Waals surface area contributed by atoms with Gasteiger partial charge in [0.1, 0.15) is 5.75 Å². The van der Waals surface area contributed by atoms with Gasteiger partial charge < -0.3 is 5.11 Å². The molecule has 2 rings (SSSR count). The molecule has 2 aromatic rings. The van der Waals surface area contributed by atoms with Gasteiger partial charge in [0.25, 0.3) is 0 Å². The van der Waals surface area contributed by atoms with E-state index in [0.29, 0.717) is 4.47 Å². The number of aromatic hydroxyl groups is 1. The van der Waals surface area contributed by atoms with E-state index < -0.39 is 0 Å². The second-order valence-electron chi connectivity index (χ2n) is 3.36. The maximum atomic E-state index is 9.59. The second kappa shape index (κ2) is 4.03. The highest BCUT2D eigenvalue weighted by Crippen LogP contribution is 2.30. The number of benzene rings is 1. The fourth-order valence-electron chi connectivity index (χ4n) is 1.45. The molecule has 1 aromatic heterocycles. The summed E-state index contributed by atoms with van der Waals surface area (Å²) >= 11 is 3.25. The lowest BCUT2D eigenvalue weighted by Gasteiger charge is -2.06. The van der Waals surface area contributed by atoms with Crippen molar-refractivity contribution in [3.63, 3.8) is 0 Å². The predicted octanol–water partition coefficient (Wildman–Crippen LogP) is 3.53. The van der Waals surface area contributed by atoms with Gasteiger partial charge in [0, 0.05) is 18.0 Å². The molecule has 76 valence electrons. The van der Waals surface area contributed by atoms with Crippen molar-refractivity contribution in [1.29, 1.82) is 0 Å². The SMILES string of the molecule is Cc1ccncc1-c1ccc(Br)c(O)c1. The molecule has 0 spiro atoms. The van der Waals surface area contributed by atoms with Crippen LogP contribution in [0.4, 0.5) is 0 Å². The summed E-state index contributed by atoms with van der Waals surface area (Å²) < 4.78 is 0.702. The van der Waals surface area contributed by atoms with Crippen LogP contribution in [0.3, 0.4) is 0 Å². The summed E-state index contributed by atoms with van der Waals surface area (Å²) in [5.74, 6) is 0.246. The van der Waals surface area contributed by atoms with Gasteiger partial charge in [-0.2, -0.15) is 0 Å². The molecule has 0 bridgehead atoms. The van der Waals surface area contributed by atoms with Gasteiger partial charge in [-0.05, 0) is 52.2 Å². The van der Waals surface area contributed by atoms with Crippen LogP contribution < -0.4 is 0 Å². The Labute approximate surface area is 96.7 Å². The standard InChI is InChI=1S/C12H10BrNO/c1-8-4-5-14-7-10(8)9-2-3-11(13)12(15)6-9/h2-7,15H,1H3.